The standard InChI is InChI=1S/C16H17N3/c1-19-16(9-11-18-19)8-10-17-15-7-6-13-4-2-3-5-14(13)12-15/h2-7,9,11-12,17H,8,10H2,1H3. The van der Waals surface area contributed by atoms with Crippen molar-refractivity contribution in [1.82, 2.24) is 9.78 Å². The Bertz CT molecular complexity index is 685. The first kappa shape index (κ1) is 11.8. The van der Waals surface area contributed by atoms with Crippen molar-refractivity contribution in [2.24, 2.45) is 7.05 Å². The van der Waals surface area contributed by atoms with Crippen LogP contribution in [0.3, 0.4) is 0 Å². The molecule has 1 N–H and O–H groups in total. The minimum atomic E-state index is 0.915. The summed E-state index contributed by atoms with van der Waals surface area (Å²) in [6, 6.07) is 16.9. The van der Waals surface area contributed by atoms with Crippen LogP contribution in [-0.4, -0.2) is 16.3 Å². The molecule has 0 aliphatic heterocycles. The summed E-state index contributed by atoms with van der Waals surface area (Å²) >= 11 is 0. The van der Waals surface area contributed by atoms with Gasteiger partial charge in [0.1, 0.15) is 0 Å². The van der Waals surface area contributed by atoms with Crippen LogP contribution >= 0.6 is 0 Å². The Hall–Kier alpha value is -2.29. The van der Waals surface area contributed by atoms with Crippen LogP contribution in [0, 0.1) is 0 Å². The zero-order valence-electron chi connectivity index (χ0n) is 11.0. The Morgan fingerprint density at radius 3 is 2.68 bits per heavy atom. The SMILES string of the molecule is Cn1nccc1CCNc1ccc2ccccc2c1. The molecule has 3 rings (SSSR count). The molecular weight excluding hydrogens is 234 g/mol. The largest absolute Gasteiger partial charge is 0.385 e. The summed E-state index contributed by atoms with van der Waals surface area (Å²) in [5.41, 5.74) is 2.41. The molecule has 96 valence electrons. The zero-order chi connectivity index (χ0) is 13.1. The van der Waals surface area contributed by atoms with Crippen LogP contribution < -0.4 is 5.32 Å². The first-order chi connectivity index (χ1) is 9.33. The van der Waals surface area contributed by atoms with Gasteiger partial charge in [-0.15, -0.1) is 0 Å². The molecular formula is C16H17N3. The molecule has 0 aliphatic rings. The van der Waals surface area contributed by atoms with E-state index in [4.69, 9.17) is 0 Å². The predicted molar refractivity (Wildman–Crippen MR) is 79.3 cm³/mol. The Morgan fingerprint density at radius 2 is 1.89 bits per heavy atom. The van der Waals surface area contributed by atoms with E-state index in [2.05, 4.69) is 58.9 Å². The van der Waals surface area contributed by atoms with Gasteiger partial charge in [0.05, 0.1) is 0 Å². The van der Waals surface area contributed by atoms with Gasteiger partial charge >= 0.3 is 0 Å². The third-order valence-electron chi connectivity index (χ3n) is 3.38. The number of aryl methyl sites for hydroxylation is 1. The topological polar surface area (TPSA) is 29.9 Å². The van der Waals surface area contributed by atoms with Crippen LogP contribution in [0.5, 0.6) is 0 Å². The molecule has 1 heterocycles. The van der Waals surface area contributed by atoms with Gasteiger partial charge in [0.15, 0.2) is 0 Å². The van der Waals surface area contributed by atoms with Gasteiger partial charge in [0, 0.05) is 37.6 Å². The number of benzene rings is 2. The predicted octanol–water partition coefficient (Wildman–Crippen LogP) is 3.23. The Kier molecular flexibility index (Phi) is 3.19. The van der Waals surface area contributed by atoms with Gasteiger partial charge in [-0.3, -0.25) is 4.68 Å². The fourth-order valence-corrected chi connectivity index (χ4v) is 2.28. The summed E-state index contributed by atoms with van der Waals surface area (Å²) in [7, 11) is 1.98. The second kappa shape index (κ2) is 5.14. The highest BCUT2D eigenvalue weighted by Gasteiger charge is 1.99. The highest BCUT2D eigenvalue weighted by molar-refractivity contribution is 5.85. The van der Waals surface area contributed by atoms with Crippen molar-refractivity contribution in [3.05, 3.63) is 60.4 Å². The summed E-state index contributed by atoms with van der Waals surface area (Å²) in [5.74, 6) is 0. The normalized spacial score (nSPS) is 10.8. The van der Waals surface area contributed by atoms with Crippen molar-refractivity contribution < 1.29 is 0 Å². The molecule has 0 radical (unpaired) electrons. The monoisotopic (exact) mass is 251 g/mol. The Morgan fingerprint density at radius 1 is 1.05 bits per heavy atom. The van der Waals surface area contributed by atoms with Crippen LogP contribution in [0.25, 0.3) is 10.8 Å². The molecule has 1 aromatic heterocycles. The summed E-state index contributed by atoms with van der Waals surface area (Å²) < 4.78 is 1.92. The van der Waals surface area contributed by atoms with Crippen molar-refractivity contribution in [2.45, 2.75) is 6.42 Å². The molecule has 0 saturated heterocycles. The van der Waals surface area contributed by atoms with Gasteiger partial charge in [-0.05, 0) is 29.0 Å². The van der Waals surface area contributed by atoms with Gasteiger partial charge in [-0.25, -0.2) is 0 Å². The van der Waals surface area contributed by atoms with E-state index in [1.54, 1.807) is 0 Å². The molecule has 3 aromatic rings. The van der Waals surface area contributed by atoms with Crippen molar-refractivity contribution in [3.63, 3.8) is 0 Å². The lowest BCUT2D eigenvalue weighted by atomic mass is 10.1. The first-order valence-electron chi connectivity index (χ1n) is 6.52. The van der Waals surface area contributed by atoms with Gasteiger partial charge in [-0.2, -0.15) is 5.10 Å². The third kappa shape index (κ3) is 2.60. The van der Waals surface area contributed by atoms with Crippen LogP contribution in [0.15, 0.2) is 54.7 Å². The molecule has 0 saturated carbocycles. The number of nitrogens with one attached hydrogen (secondary N) is 1. The van der Waals surface area contributed by atoms with Crippen molar-refractivity contribution in [2.75, 3.05) is 11.9 Å². The van der Waals surface area contributed by atoms with E-state index in [0.717, 1.165) is 13.0 Å². The van der Waals surface area contributed by atoms with E-state index in [1.165, 1.54) is 22.2 Å². The second-order valence-corrected chi connectivity index (χ2v) is 4.68. The number of rotatable bonds is 4. The molecule has 0 unspecified atom stereocenters. The number of fused-ring (bicyclic) bond motifs is 1. The highest BCUT2D eigenvalue weighted by Crippen LogP contribution is 2.18. The highest BCUT2D eigenvalue weighted by atomic mass is 15.3. The molecule has 0 aliphatic carbocycles. The fourth-order valence-electron chi connectivity index (χ4n) is 2.28. The molecule has 0 amide bonds. The lowest BCUT2D eigenvalue weighted by Gasteiger charge is -2.08. The number of hydrogen-bond acceptors (Lipinski definition) is 2. The van der Waals surface area contributed by atoms with E-state index < -0.39 is 0 Å². The maximum atomic E-state index is 4.17. The van der Waals surface area contributed by atoms with Gasteiger partial charge in [-0.1, -0.05) is 30.3 Å². The lowest BCUT2D eigenvalue weighted by Crippen LogP contribution is -2.08. The molecule has 0 bridgehead atoms. The molecule has 2 aromatic carbocycles. The fraction of sp³-hybridized carbons (Fsp3) is 0.188. The smallest absolute Gasteiger partial charge is 0.0492 e. The van der Waals surface area contributed by atoms with Crippen LogP contribution in [0.2, 0.25) is 0 Å². The lowest BCUT2D eigenvalue weighted by molar-refractivity contribution is 0.711. The molecule has 0 fully saturated rings. The molecule has 19 heavy (non-hydrogen) atoms. The van der Waals surface area contributed by atoms with E-state index >= 15 is 0 Å². The maximum absolute atomic E-state index is 4.17. The summed E-state index contributed by atoms with van der Waals surface area (Å²) in [5, 5.41) is 10.2. The minimum Gasteiger partial charge on any atom is -0.385 e. The van der Waals surface area contributed by atoms with Gasteiger partial charge in [0.25, 0.3) is 0 Å². The van der Waals surface area contributed by atoms with E-state index in [-0.39, 0.29) is 0 Å². The molecule has 0 atom stereocenters. The zero-order valence-corrected chi connectivity index (χ0v) is 11.0. The molecule has 3 heteroatoms. The number of anilines is 1. The molecule has 0 spiro atoms. The quantitative estimate of drug-likeness (QED) is 0.771. The van der Waals surface area contributed by atoms with E-state index in [9.17, 15) is 0 Å². The van der Waals surface area contributed by atoms with Crippen LogP contribution in [-0.2, 0) is 13.5 Å². The Balaban J connectivity index is 1.67. The maximum Gasteiger partial charge on any atom is 0.0492 e. The third-order valence-corrected chi connectivity index (χ3v) is 3.38. The van der Waals surface area contributed by atoms with Gasteiger partial charge in [0.2, 0.25) is 0 Å². The van der Waals surface area contributed by atoms with Crippen LogP contribution in [0.4, 0.5) is 5.69 Å². The van der Waals surface area contributed by atoms with Crippen LogP contribution in [0.1, 0.15) is 5.69 Å². The Labute approximate surface area is 112 Å². The van der Waals surface area contributed by atoms with Crippen molar-refractivity contribution in [1.29, 1.82) is 0 Å². The van der Waals surface area contributed by atoms with Crippen molar-refractivity contribution in [3.8, 4) is 0 Å². The average Bonchev–Trinajstić information content (AvgIpc) is 2.84. The first-order valence-corrected chi connectivity index (χ1v) is 6.52. The molecule has 3 nitrogen and oxygen atoms in total. The van der Waals surface area contributed by atoms with Gasteiger partial charge < -0.3 is 5.32 Å². The van der Waals surface area contributed by atoms with Crippen molar-refractivity contribution >= 4 is 16.5 Å². The minimum absolute atomic E-state index is 0.915. The number of aromatic nitrogens is 2. The number of hydrogen-bond donors (Lipinski definition) is 1. The average molecular weight is 251 g/mol. The summed E-state index contributed by atoms with van der Waals surface area (Å²) in [6.45, 7) is 0.915. The van der Waals surface area contributed by atoms with E-state index in [1.807, 2.05) is 17.9 Å². The summed E-state index contributed by atoms with van der Waals surface area (Å²) in [4.78, 5) is 0. The second-order valence-electron chi connectivity index (χ2n) is 4.68. The number of nitrogens with zero attached hydrogens (tertiary/aromatic N) is 2. The summed E-state index contributed by atoms with van der Waals surface area (Å²) in [6.07, 6.45) is 2.81. The van der Waals surface area contributed by atoms with E-state index in [0.29, 0.717) is 0 Å².